The topological polar surface area (TPSA) is 38.8 Å². The molecule has 1 aliphatic heterocycles. The number of ether oxygens (including phenoxy) is 2. The van der Waals surface area contributed by atoms with E-state index in [0.29, 0.717) is 23.1 Å². The van der Waals surface area contributed by atoms with Gasteiger partial charge in [-0.15, -0.1) is 0 Å². The zero-order valence-electron chi connectivity index (χ0n) is 15.0. The number of hydrogen-bond donors (Lipinski definition) is 0. The summed E-state index contributed by atoms with van der Waals surface area (Å²) >= 11 is 6.25. The van der Waals surface area contributed by atoms with Gasteiger partial charge >= 0.3 is 0 Å². The highest BCUT2D eigenvalue weighted by molar-refractivity contribution is 6.31. The van der Waals surface area contributed by atoms with E-state index in [0.717, 1.165) is 42.5 Å². The van der Waals surface area contributed by atoms with Gasteiger partial charge in [-0.3, -0.25) is 4.79 Å². The van der Waals surface area contributed by atoms with Crippen LogP contribution in [0.4, 0.5) is 5.69 Å². The standard InChI is InChI=1S/C21H22ClNO3/c1-25-18-8-5-14(11-19(18)26-2)13-23-17-7-6-15(22)12-16(17)21(20(23)24)9-3-4-10-21/h5-8,11-12H,3-4,9-10,13H2,1-2H3. The maximum Gasteiger partial charge on any atom is 0.238 e. The Morgan fingerprint density at radius 1 is 1.04 bits per heavy atom. The summed E-state index contributed by atoms with van der Waals surface area (Å²) in [5, 5.41) is 0.691. The first-order chi connectivity index (χ1) is 12.6. The molecule has 1 heterocycles. The molecule has 2 aromatic carbocycles. The van der Waals surface area contributed by atoms with Crippen molar-refractivity contribution in [1.29, 1.82) is 0 Å². The summed E-state index contributed by atoms with van der Waals surface area (Å²) in [5.74, 6) is 1.55. The number of carbonyl (C=O) groups excluding carboxylic acids is 1. The Balaban J connectivity index is 1.73. The van der Waals surface area contributed by atoms with Gasteiger partial charge in [0.1, 0.15) is 0 Å². The number of hydrogen-bond acceptors (Lipinski definition) is 3. The van der Waals surface area contributed by atoms with E-state index in [1.165, 1.54) is 0 Å². The second-order valence-electron chi connectivity index (χ2n) is 7.03. The van der Waals surface area contributed by atoms with E-state index in [1.807, 2.05) is 41.3 Å². The van der Waals surface area contributed by atoms with Crippen LogP contribution in [0.1, 0.15) is 36.8 Å². The van der Waals surface area contributed by atoms with Gasteiger partial charge in [-0.25, -0.2) is 0 Å². The minimum absolute atomic E-state index is 0.196. The number of anilines is 1. The molecule has 4 rings (SSSR count). The molecule has 1 spiro atoms. The lowest BCUT2D eigenvalue weighted by atomic mass is 9.80. The van der Waals surface area contributed by atoms with Crippen LogP contribution < -0.4 is 14.4 Å². The summed E-state index contributed by atoms with van der Waals surface area (Å²) in [7, 11) is 3.23. The summed E-state index contributed by atoms with van der Waals surface area (Å²) in [6.45, 7) is 0.509. The molecule has 136 valence electrons. The van der Waals surface area contributed by atoms with Gasteiger partial charge in [0.2, 0.25) is 5.91 Å². The molecule has 2 aliphatic rings. The summed E-state index contributed by atoms with van der Waals surface area (Å²) in [6.07, 6.45) is 3.98. The van der Waals surface area contributed by atoms with Crippen LogP contribution in [0.15, 0.2) is 36.4 Å². The number of amides is 1. The van der Waals surface area contributed by atoms with E-state index in [-0.39, 0.29) is 5.91 Å². The molecule has 0 bridgehead atoms. The van der Waals surface area contributed by atoms with Gasteiger partial charge < -0.3 is 14.4 Å². The molecule has 2 aromatic rings. The number of methoxy groups -OCH3 is 2. The van der Waals surface area contributed by atoms with Gasteiger partial charge in [0.25, 0.3) is 0 Å². The van der Waals surface area contributed by atoms with E-state index < -0.39 is 5.41 Å². The van der Waals surface area contributed by atoms with Crippen LogP contribution in [-0.4, -0.2) is 20.1 Å². The molecule has 0 unspecified atom stereocenters. The maximum atomic E-state index is 13.4. The zero-order chi connectivity index (χ0) is 18.3. The van der Waals surface area contributed by atoms with E-state index in [9.17, 15) is 4.79 Å². The normalized spacial score (nSPS) is 17.7. The van der Waals surface area contributed by atoms with Crippen LogP contribution in [0.2, 0.25) is 5.02 Å². The molecule has 26 heavy (non-hydrogen) atoms. The summed E-state index contributed by atoms with van der Waals surface area (Å²) < 4.78 is 10.7. The average molecular weight is 372 g/mol. The molecule has 1 saturated carbocycles. The monoisotopic (exact) mass is 371 g/mol. The lowest BCUT2D eigenvalue weighted by molar-refractivity contribution is -0.123. The summed E-state index contributed by atoms with van der Waals surface area (Å²) in [5.41, 5.74) is 2.69. The Morgan fingerprint density at radius 2 is 1.77 bits per heavy atom. The van der Waals surface area contributed by atoms with Crippen LogP contribution in [-0.2, 0) is 16.8 Å². The van der Waals surface area contributed by atoms with Gasteiger partial charge in [-0.1, -0.05) is 30.5 Å². The van der Waals surface area contributed by atoms with Crippen LogP contribution in [0.5, 0.6) is 11.5 Å². The molecule has 5 heteroatoms. The quantitative estimate of drug-likeness (QED) is 0.780. The van der Waals surface area contributed by atoms with Crippen molar-refractivity contribution in [2.24, 2.45) is 0 Å². The summed E-state index contributed by atoms with van der Waals surface area (Å²) in [6, 6.07) is 11.6. The first kappa shape index (κ1) is 17.2. The molecule has 0 radical (unpaired) electrons. The molecule has 0 N–H and O–H groups in total. The molecule has 0 aromatic heterocycles. The van der Waals surface area contributed by atoms with E-state index in [4.69, 9.17) is 21.1 Å². The van der Waals surface area contributed by atoms with Gasteiger partial charge in [-0.05, 0) is 54.3 Å². The minimum Gasteiger partial charge on any atom is -0.493 e. The Hall–Kier alpha value is -2.20. The predicted molar refractivity (Wildman–Crippen MR) is 102 cm³/mol. The number of benzene rings is 2. The molecular formula is C21H22ClNO3. The van der Waals surface area contributed by atoms with Gasteiger partial charge in [0.15, 0.2) is 11.5 Å². The van der Waals surface area contributed by atoms with Crippen molar-refractivity contribution in [3.05, 3.63) is 52.5 Å². The second-order valence-corrected chi connectivity index (χ2v) is 7.47. The Bertz CT molecular complexity index is 858. The van der Waals surface area contributed by atoms with Crippen LogP contribution >= 0.6 is 11.6 Å². The van der Waals surface area contributed by atoms with Crippen molar-refractivity contribution in [3.8, 4) is 11.5 Å². The second kappa shape index (κ2) is 6.51. The van der Waals surface area contributed by atoms with Gasteiger partial charge in [0, 0.05) is 10.7 Å². The first-order valence-corrected chi connectivity index (χ1v) is 9.30. The van der Waals surface area contributed by atoms with Crippen molar-refractivity contribution in [2.75, 3.05) is 19.1 Å². The van der Waals surface area contributed by atoms with Crippen molar-refractivity contribution in [2.45, 2.75) is 37.6 Å². The van der Waals surface area contributed by atoms with E-state index >= 15 is 0 Å². The Kier molecular flexibility index (Phi) is 4.31. The van der Waals surface area contributed by atoms with Crippen LogP contribution in [0.3, 0.4) is 0 Å². The molecule has 1 amide bonds. The lowest BCUT2D eigenvalue weighted by Crippen LogP contribution is -2.38. The number of halogens is 1. The van der Waals surface area contributed by atoms with Gasteiger partial charge in [-0.2, -0.15) is 0 Å². The molecule has 1 fully saturated rings. The van der Waals surface area contributed by atoms with Crippen molar-refractivity contribution in [3.63, 3.8) is 0 Å². The van der Waals surface area contributed by atoms with Gasteiger partial charge in [0.05, 0.1) is 26.2 Å². The fourth-order valence-electron chi connectivity index (χ4n) is 4.39. The highest BCUT2D eigenvalue weighted by Gasteiger charge is 2.52. The van der Waals surface area contributed by atoms with Crippen LogP contribution in [0.25, 0.3) is 0 Å². The number of carbonyl (C=O) groups is 1. The third-order valence-electron chi connectivity index (χ3n) is 5.67. The van der Waals surface area contributed by atoms with Crippen molar-refractivity contribution >= 4 is 23.2 Å². The molecule has 0 atom stereocenters. The molecular weight excluding hydrogens is 350 g/mol. The third-order valence-corrected chi connectivity index (χ3v) is 5.90. The molecule has 4 nitrogen and oxygen atoms in total. The minimum atomic E-state index is -0.392. The summed E-state index contributed by atoms with van der Waals surface area (Å²) in [4.78, 5) is 15.3. The first-order valence-electron chi connectivity index (χ1n) is 8.92. The Labute approximate surface area is 158 Å². The Morgan fingerprint density at radius 3 is 2.46 bits per heavy atom. The molecule has 1 aliphatic carbocycles. The van der Waals surface area contributed by atoms with Crippen LogP contribution in [0, 0.1) is 0 Å². The average Bonchev–Trinajstić information content (AvgIpc) is 3.23. The van der Waals surface area contributed by atoms with Crippen molar-refractivity contribution < 1.29 is 14.3 Å². The van der Waals surface area contributed by atoms with E-state index in [2.05, 4.69) is 0 Å². The zero-order valence-corrected chi connectivity index (χ0v) is 15.8. The predicted octanol–water partition coefficient (Wildman–Crippen LogP) is 4.72. The van der Waals surface area contributed by atoms with E-state index in [1.54, 1.807) is 14.2 Å². The largest absolute Gasteiger partial charge is 0.493 e. The molecule has 0 saturated heterocycles. The smallest absolute Gasteiger partial charge is 0.238 e. The number of rotatable bonds is 4. The third kappa shape index (κ3) is 2.55. The number of nitrogens with zero attached hydrogens (tertiary/aromatic N) is 1. The highest BCUT2D eigenvalue weighted by atomic mass is 35.5. The fourth-order valence-corrected chi connectivity index (χ4v) is 4.56. The number of fused-ring (bicyclic) bond motifs is 2. The lowest BCUT2D eigenvalue weighted by Gasteiger charge is -2.24. The highest BCUT2D eigenvalue weighted by Crippen LogP contribution is 2.52. The fraction of sp³-hybridized carbons (Fsp3) is 0.381. The SMILES string of the molecule is COc1ccc(CN2C(=O)C3(CCCC3)c3cc(Cl)ccc32)cc1OC. The van der Waals surface area contributed by atoms with Crippen molar-refractivity contribution in [1.82, 2.24) is 0 Å². The maximum absolute atomic E-state index is 13.4.